The summed E-state index contributed by atoms with van der Waals surface area (Å²) in [6.07, 6.45) is 23.6. The van der Waals surface area contributed by atoms with Crippen molar-refractivity contribution < 1.29 is 39.4 Å². The summed E-state index contributed by atoms with van der Waals surface area (Å²) in [6.45, 7) is 7.40. The topological polar surface area (TPSA) is 126 Å². The SMILES string of the molecule is CCCCCCCCCCCCCCC(=O)O[C@H]1[C@H](O)[C@@H](O)[C@H](O)[C@H]1OCC(O)COCCCCCCCCCC(C)CCCCCC. The van der Waals surface area contributed by atoms with E-state index >= 15 is 0 Å². The molecule has 0 bridgehead atoms. The maximum atomic E-state index is 12.5. The molecule has 7 atom stereocenters. The number of rotatable bonds is 34. The molecule has 2 unspecified atom stereocenters. The first-order valence-corrected chi connectivity index (χ1v) is 20.4. The smallest absolute Gasteiger partial charge is 0.306 e. The number of ether oxygens (including phenoxy) is 3. The van der Waals surface area contributed by atoms with Gasteiger partial charge in [0, 0.05) is 13.0 Å². The summed E-state index contributed by atoms with van der Waals surface area (Å²) in [5.74, 6) is 0.381. The van der Waals surface area contributed by atoms with Crippen LogP contribution in [0.25, 0.3) is 0 Å². The van der Waals surface area contributed by atoms with Crippen LogP contribution in [0.5, 0.6) is 0 Å². The van der Waals surface area contributed by atoms with Gasteiger partial charge in [-0.1, -0.05) is 168 Å². The Kier molecular flexibility index (Phi) is 29.2. The number of aliphatic hydroxyl groups is 4. The molecule has 0 aromatic carbocycles. The van der Waals surface area contributed by atoms with Crippen LogP contribution in [0.15, 0.2) is 0 Å². The standard InChI is InChI=1S/C40H78O8/c1-4-6-8-10-11-12-13-14-15-18-21-25-29-35(42)48-40-38(45)36(43)37(44)39(40)47-32-34(41)31-46-30-26-22-19-16-17-20-24-28-33(3)27-23-9-7-5-2/h33-34,36-41,43-45H,4-32H2,1-3H3/t33?,34?,36-,37-,38+,39+,40-/m0/s1. The molecule has 1 fully saturated rings. The summed E-state index contributed by atoms with van der Waals surface area (Å²) in [4.78, 5) is 12.5. The fraction of sp³-hybridized carbons (Fsp3) is 0.975. The number of aliphatic hydroxyl groups excluding tert-OH is 4. The highest BCUT2D eigenvalue weighted by molar-refractivity contribution is 5.69. The van der Waals surface area contributed by atoms with Crippen LogP contribution in [0, 0.1) is 5.92 Å². The number of esters is 1. The van der Waals surface area contributed by atoms with Crippen molar-refractivity contribution in [2.45, 2.75) is 224 Å². The predicted octanol–water partition coefficient (Wildman–Crippen LogP) is 8.58. The van der Waals surface area contributed by atoms with E-state index in [1.807, 2.05) is 0 Å². The van der Waals surface area contributed by atoms with Crippen molar-refractivity contribution in [1.82, 2.24) is 0 Å². The zero-order valence-electron chi connectivity index (χ0n) is 31.5. The monoisotopic (exact) mass is 687 g/mol. The maximum absolute atomic E-state index is 12.5. The van der Waals surface area contributed by atoms with Gasteiger partial charge >= 0.3 is 5.97 Å². The molecule has 0 spiro atoms. The minimum atomic E-state index is -1.49. The van der Waals surface area contributed by atoms with Crippen molar-refractivity contribution in [3.8, 4) is 0 Å². The number of hydrogen-bond donors (Lipinski definition) is 4. The summed E-state index contributed by atoms with van der Waals surface area (Å²) >= 11 is 0. The molecule has 0 aromatic rings. The number of unbranched alkanes of at least 4 members (excludes halogenated alkanes) is 20. The zero-order valence-corrected chi connectivity index (χ0v) is 31.5. The van der Waals surface area contributed by atoms with Crippen LogP contribution in [0.1, 0.15) is 188 Å². The summed E-state index contributed by atoms with van der Waals surface area (Å²) in [7, 11) is 0. The lowest BCUT2D eigenvalue weighted by molar-refractivity contribution is -0.168. The van der Waals surface area contributed by atoms with Crippen LogP contribution < -0.4 is 0 Å². The van der Waals surface area contributed by atoms with E-state index in [4.69, 9.17) is 14.2 Å². The summed E-state index contributed by atoms with van der Waals surface area (Å²) in [5.41, 5.74) is 0. The van der Waals surface area contributed by atoms with Gasteiger partial charge in [-0.15, -0.1) is 0 Å². The Morgan fingerprint density at radius 3 is 1.54 bits per heavy atom. The third-order valence-electron chi connectivity index (χ3n) is 10.0. The van der Waals surface area contributed by atoms with Crippen LogP contribution in [-0.2, 0) is 19.0 Å². The van der Waals surface area contributed by atoms with Gasteiger partial charge in [-0.3, -0.25) is 4.79 Å². The van der Waals surface area contributed by atoms with E-state index in [1.165, 1.54) is 128 Å². The second kappa shape index (κ2) is 31.0. The Balaban J connectivity index is 2.09. The van der Waals surface area contributed by atoms with Gasteiger partial charge in [0.05, 0.1) is 13.2 Å². The highest BCUT2D eigenvalue weighted by atomic mass is 16.6. The highest BCUT2D eigenvalue weighted by Crippen LogP contribution is 2.28. The molecular formula is C40H78O8. The Morgan fingerprint density at radius 1 is 0.562 bits per heavy atom. The molecule has 0 heterocycles. The van der Waals surface area contributed by atoms with Crippen molar-refractivity contribution in [2.75, 3.05) is 19.8 Å². The minimum Gasteiger partial charge on any atom is -0.457 e. The highest BCUT2D eigenvalue weighted by Gasteiger charge is 2.52. The van der Waals surface area contributed by atoms with Gasteiger partial charge in [-0.25, -0.2) is 0 Å². The largest absolute Gasteiger partial charge is 0.457 e. The number of hydrogen-bond acceptors (Lipinski definition) is 8. The van der Waals surface area contributed by atoms with Crippen molar-refractivity contribution in [3.63, 3.8) is 0 Å². The fourth-order valence-corrected chi connectivity index (χ4v) is 6.76. The van der Waals surface area contributed by atoms with Gasteiger partial charge in [0.25, 0.3) is 0 Å². The molecular weight excluding hydrogens is 608 g/mol. The van der Waals surface area contributed by atoms with Crippen LogP contribution in [0.2, 0.25) is 0 Å². The maximum Gasteiger partial charge on any atom is 0.306 e. The Morgan fingerprint density at radius 2 is 1.00 bits per heavy atom. The summed E-state index contributed by atoms with van der Waals surface area (Å²) < 4.78 is 16.7. The molecule has 1 rings (SSSR count). The second-order valence-corrected chi connectivity index (χ2v) is 14.8. The van der Waals surface area contributed by atoms with Crippen LogP contribution in [0.4, 0.5) is 0 Å². The lowest BCUT2D eigenvalue weighted by Gasteiger charge is -2.24. The molecule has 0 aromatic heterocycles. The molecule has 0 saturated heterocycles. The number of carbonyl (C=O) groups is 1. The molecule has 1 saturated carbocycles. The molecule has 286 valence electrons. The molecule has 8 heteroatoms. The lowest BCUT2D eigenvalue weighted by atomic mass is 9.96. The van der Waals surface area contributed by atoms with E-state index in [1.54, 1.807) is 0 Å². The molecule has 0 aliphatic heterocycles. The first-order chi connectivity index (χ1) is 23.3. The van der Waals surface area contributed by atoms with E-state index in [0.717, 1.165) is 31.6 Å². The second-order valence-electron chi connectivity index (χ2n) is 14.8. The normalized spacial score (nSPS) is 22.3. The first-order valence-electron chi connectivity index (χ1n) is 20.4. The third kappa shape index (κ3) is 22.8. The van der Waals surface area contributed by atoms with Crippen molar-refractivity contribution in [2.24, 2.45) is 5.92 Å². The molecule has 4 N–H and O–H groups in total. The first kappa shape index (κ1) is 45.3. The molecule has 1 aliphatic carbocycles. The van der Waals surface area contributed by atoms with E-state index in [9.17, 15) is 25.2 Å². The Hall–Kier alpha value is -0.770. The average molecular weight is 687 g/mol. The van der Waals surface area contributed by atoms with Gasteiger partial charge in [0.15, 0.2) is 6.10 Å². The molecule has 8 nitrogen and oxygen atoms in total. The van der Waals surface area contributed by atoms with Gasteiger partial charge in [0.2, 0.25) is 0 Å². The van der Waals surface area contributed by atoms with Crippen LogP contribution >= 0.6 is 0 Å². The summed E-state index contributed by atoms with van der Waals surface area (Å²) in [6, 6.07) is 0. The molecule has 0 radical (unpaired) electrons. The number of carbonyl (C=O) groups excluding carboxylic acids is 1. The molecule has 48 heavy (non-hydrogen) atoms. The van der Waals surface area contributed by atoms with E-state index in [2.05, 4.69) is 20.8 Å². The van der Waals surface area contributed by atoms with E-state index in [-0.39, 0.29) is 19.6 Å². The van der Waals surface area contributed by atoms with Gasteiger partial charge in [-0.05, 0) is 18.8 Å². The predicted molar refractivity (Wildman–Crippen MR) is 195 cm³/mol. The minimum absolute atomic E-state index is 0.0912. The molecule has 1 aliphatic rings. The zero-order chi connectivity index (χ0) is 35.2. The van der Waals surface area contributed by atoms with Crippen molar-refractivity contribution in [3.05, 3.63) is 0 Å². The lowest BCUT2D eigenvalue weighted by Crippen LogP contribution is -2.41. The Labute approximate surface area is 295 Å². The van der Waals surface area contributed by atoms with E-state index < -0.39 is 42.6 Å². The third-order valence-corrected chi connectivity index (χ3v) is 10.0. The Bertz CT molecular complexity index is 721. The van der Waals surface area contributed by atoms with Crippen molar-refractivity contribution >= 4 is 5.97 Å². The van der Waals surface area contributed by atoms with Gasteiger partial charge in [0.1, 0.15) is 30.5 Å². The summed E-state index contributed by atoms with van der Waals surface area (Å²) in [5, 5.41) is 41.3. The average Bonchev–Trinajstić information content (AvgIpc) is 3.27. The van der Waals surface area contributed by atoms with Gasteiger partial charge in [-0.2, -0.15) is 0 Å². The quantitative estimate of drug-likeness (QED) is 0.0392. The van der Waals surface area contributed by atoms with Crippen LogP contribution in [-0.4, -0.2) is 82.8 Å². The van der Waals surface area contributed by atoms with Gasteiger partial charge < -0.3 is 34.6 Å². The van der Waals surface area contributed by atoms with Crippen LogP contribution in [0.3, 0.4) is 0 Å². The van der Waals surface area contributed by atoms with Crippen molar-refractivity contribution in [1.29, 1.82) is 0 Å². The fourth-order valence-electron chi connectivity index (χ4n) is 6.76. The van der Waals surface area contributed by atoms with E-state index in [0.29, 0.717) is 13.0 Å². The molecule has 0 amide bonds.